The molecule has 1 aliphatic rings. The Morgan fingerprint density at radius 1 is 1.00 bits per heavy atom. The van der Waals surface area contributed by atoms with Crippen LogP contribution in [0.3, 0.4) is 0 Å². The van der Waals surface area contributed by atoms with E-state index < -0.39 is 22.1 Å². The van der Waals surface area contributed by atoms with Crippen LogP contribution < -0.4 is 9.46 Å². The zero-order valence-corrected chi connectivity index (χ0v) is 13.8. The molecule has 1 N–H and O–H groups in total. The lowest BCUT2D eigenvalue weighted by molar-refractivity contribution is -0.274. The van der Waals surface area contributed by atoms with Crippen LogP contribution in [0.5, 0.6) is 5.75 Å². The number of hydrogen-bond donors (Lipinski definition) is 1. The van der Waals surface area contributed by atoms with Gasteiger partial charge in [0.2, 0.25) is 10.0 Å². The van der Waals surface area contributed by atoms with Crippen LogP contribution in [0.4, 0.5) is 13.2 Å². The molecule has 0 bridgehead atoms. The van der Waals surface area contributed by atoms with E-state index in [9.17, 15) is 21.6 Å². The van der Waals surface area contributed by atoms with Crippen molar-refractivity contribution in [3.63, 3.8) is 0 Å². The summed E-state index contributed by atoms with van der Waals surface area (Å²) < 4.78 is 68.1. The lowest BCUT2D eigenvalue weighted by Crippen LogP contribution is -2.30. The second-order valence-corrected chi connectivity index (χ2v) is 7.58. The summed E-state index contributed by atoms with van der Waals surface area (Å²) in [6.45, 7) is 0. The van der Waals surface area contributed by atoms with Crippen molar-refractivity contribution in [2.45, 2.75) is 30.1 Å². The molecule has 1 fully saturated rings. The summed E-state index contributed by atoms with van der Waals surface area (Å²) in [6, 6.07) is 13.0. The minimum atomic E-state index is -4.82. The van der Waals surface area contributed by atoms with Gasteiger partial charge in [-0.25, -0.2) is 13.1 Å². The molecule has 25 heavy (non-hydrogen) atoms. The Kier molecular flexibility index (Phi) is 4.75. The number of sulfonamides is 1. The molecule has 2 aromatic rings. The Labute approximate surface area is 143 Å². The molecule has 1 atom stereocenters. The number of rotatable bonds is 6. The van der Waals surface area contributed by atoms with Gasteiger partial charge in [0.05, 0.1) is 4.90 Å². The van der Waals surface area contributed by atoms with Crippen molar-refractivity contribution in [2.75, 3.05) is 0 Å². The van der Waals surface area contributed by atoms with Crippen LogP contribution in [0.2, 0.25) is 0 Å². The summed E-state index contributed by atoms with van der Waals surface area (Å²) in [5.74, 6) is -0.238. The Bertz CT molecular complexity index is 816. The van der Waals surface area contributed by atoms with Gasteiger partial charge in [0.15, 0.2) is 0 Å². The predicted molar refractivity (Wildman–Crippen MR) is 85.4 cm³/mol. The molecule has 2 aromatic carbocycles. The number of alkyl halides is 3. The molecule has 0 amide bonds. The van der Waals surface area contributed by atoms with E-state index in [1.807, 2.05) is 30.3 Å². The van der Waals surface area contributed by atoms with Gasteiger partial charge in [-0.3, -0.25) is 0 Å². The van der Waals surface area contributed by atoms with Gasteiger partial charge in [-0.15, -0.1) is 13.2 Å². The van der Waals surface area contributed by atoms with Crippen molar-refractivity contribution >= 4 is 10.0 Å². The van der Waals surface area contributed by atoms with Crippen molar-refractivity contribution in [2.24, 2.45) is 5.92 Å². The van der Waals surface area contributed by atoms with Gasteiger partial charge in [-0.05, 0) is 48.6 Å². The summed E-state index contributed by atoms with van der Waals surface area (Å²) in [6.07, 6.45) is -2.95. The normalized spacial score (nSPS) is 16.4. The Balaban J connectivity index is 1.79. The van der Waals surface area contributed by atoms with E-state index in [2.05, 4.69) is 9.46 Å². The lowest BCUT2D eigenvalue weighted by atomic mass is 10.0. The fraction of sp³-hybridized carbons (Fsp3) is 0.294. The first-order chi connectivity index (χ1) is 11.7. The maximum atomic E-state index is 12.6. The predicted octanol–water partition coefficient (Wildman–Crippen LogP) is 4.01. The molecule has 0 radical (unpaired) electrons. The molecule has 8 heteroatoms. The molecule has 0 spiro atoms. The molecular weight excluding hydrogens is 355 g/mol. The second-order valence-electron chi connectivity index (χ2n) is 5.87. The molecule has 134 valence electrons. The number of hydrogen-bond acceptors (Lipinski definition) is 3. The molecule has 1 saturated carbocycles. The first-order valence-corrected chi connectivity index (χ1v) is 9.16. The lowest BCUT2D eigenvalue weighted by Gasteiger charge is -2.19. The van der Waals surface area contributed by atoms with E-state index in [-0.39, 0.29) is 16.9 Å². The highest BCUT2D eigenvalue weighted by Gasteiger charge is 2.35. The highest BCUT2D eigenvalue weighted by molar-refractivity contribution is 7.89. The Morgan fingerprint density at radius 2 is 1.60 bits per heavy atom. The fourth-order valence-corrected chi connectivity index (χ4v) is 3.88. The van der Waals surface area contributed by atoms with Gasteiger partial charge in [-0.1, -0.05) is 30.3 Å². The zero-order valence-electron chi connectivity index (χ0n) is 13.0. The monoisotopic (exact) mass is 371 g/mol. The van der Waals surface area contributed by atoms with Gasteiger partial charge in [0.1, 0.15) is 5.75 Å². The van der Waals surface area contributed by atoms with Crippen molar-refractivity contribution in [1.82, 2.24) is 4.72 Å². The molecule has 4 nitrogen and oxygen atoms in total. The van der Waals surface area contributed by atoms with E-state index in [1.54, 1.807) is 0 Å². The van der Waals surface area contributed by atoms with Crippen LogP contribution in [0, 0.1) is 5.92 Å². The summed E-state index contributed by atoms with van der Waals surface area (Å²) in [5, 5.41) is 0. The topological polar surface area (TPSA) is 55.4 Å². The van der Waals surface area contributed by atoms with E-state index in [1.165, 1.54) is 0 Å². The van der Waals surface area contributed by atoms with E-state index in [0.717, 1.165) is 42.7 Å². The highest BCUT2D eigenvalue weighted by atomic mass is 32.2. The summed E-state index contributed by atoms with van der Waals surface area (Å²) in [7, 11) is -3.86. The third kappa shape index (κ3) is 4.73. The average molecular weight is 371 g/mol. The minimum absolute atomic E-state index is 0.108. The summed E-state index contributed by atoms with van der Waals surface area (Å²) in [5.41, 5.74) is 0.866. The second kappa shape index (κ2) is 6.68. The quantitative estimate of drug-likeness (QED) is 0.835. The van der Waals surface area contributed by atoms with Gasteiger partial charge in [0.25, 0.3) is 0 Å². The minimum Gasteiger partial charge on any atom is -0.406 e. The number of ether oxygens (including phenoxy) is 1. The first-order valence-electron chi connectivity index (χ1n) is 7.68. The highest BCUT2D eigenvalue weighted by Crippen LogP contribution is 2.41. The van der Waals surface area contributed by atoms with E-state index in [0.29, 0.717) is 0 Å². The van der Waals surface area contributed by atoms with Crippen LogP contribution >= 0.6 is 0 Å². The van der Waals surface area contributed by atoms with Crippen LogP contribution in [0.25, 0.3) is 0 Å². The molecule has 0 unspecified atom stereocenters. The Hall–Kier alpha value is -2.06. The molecule has 0 heterocycles. The summed E-state index contributed by atoms with van der Waals surface area (Å²) >= 11 is 0. The zero-order chi connectivity index (χ0) is 18.1. The molecule has 1 aliphatic carbocycles. The molecule has 0 saturated heterocycles. The van der Waals surface area contributed by atoms with Crippen LogP contribution in [-0.2, 0) is 10.0 Å². The standard InChI is InChI=1S/C17H16F3NO3S/c18-17(19,20)24-14-8-10-15(11-9-14)25(22,23)21-16(13-6-7-13)12-4-2-1-3-5-12/h1-5,8-11,13,16,21H,6-7H2/t16-/m0/s1. The number of benzene rings is 2. The molecule has 3 rings (SSSR count). The van der Waals surface area contributed by atoms with Crippen LogP contribution in [0.1, 0.15) is 24.4 Å². The maximum Gasteiger partial charge on any atom is 0.573 e. The molecular formula is C17H16F3NO3S. The van der Waals surface area contributed by atoms with E-state index >= 15 is 0 Å². The molecule has 0 aromatic heterocycles. The van der Waals surface area contributed by atoms with Gasteiger partial charge >= 0.3 is 6.36 Å². The third-order valence-corrected chi connectivity index (χ3v) is 5.36. The van der Waals surface area contributed by atoms with Crippen LogP contribution in [-0.4, -0.2) is 14.8 Å². The first kappa shape index (κ1) is 17.8. The van der Waals surface area contributed by atoms with Gasteiger partial charge in [0, 0.05) is 6.04 Å². The van der Waals surface area contributed by atoms with Crippen molar-refractivity contribution in [1.29, 1.82) is 0 Å². The number of nitrogens with one attached hydrogen (secondary N) is 1. The smallest absolute Gasteiger partial charge is 0.406 e. The SMILES string of the molecule is O=S(=O)(N[C@@H](c1ccccc1)C1CC1)c1ccc(OC(F)(F)F)cc1. The maximum absolute atomic E-state index is 12.6. The Morgan fingerprint density at radius 3 is 2.12 bits per heavy atom. The third-order valence-electron chi connectivity index (χ3n) is 3.90. The van der Waals surface area contributed by atoms with Gasteiger partial charge in [-0.2, -0.15) is 0 Å². The van der Waals surface area contributed by atoms with Crippen LogP contribution in [0.15, 0.2) is 59.5 Å². The molecule has 0 aliphatic heterocycles. The van der Waals surface area contributed by atoms with Crippen molar-refractivity contribution in [3.8, 4) is 5.75 Å². The largest absolute Gasteiger partial charge is 0.573 e. The van der Waals surface area contributed by atoms with Gasteiger partial charge < -0.3 is 4.74 Å². The van der Waals surface area contributed by atoms with Crippen molar-refractivity contribution in [3.05, 3.63) is 60.2 Å². The van der Waals surface area contributed by atoms with Crippen molar-refractivity contribution < 1.29 is 26.3 Å². The average Bonchev–Trinajstić information content (AvgIpc) is 3.37. The van der Waals surface area contributed by atoms with E-state index in [4.69, 9.17) is 0 Å². The summed E-state index contributed by atoms with van der Waals surface area (Å²) in [4.78, 5) is -0.108. The number of halogens is 3. The fourth-order valence-electron chi connectivity index (χ4n) is 2.58.